The van der Waals surface area contributed by atoms with Crippen LogP contribution in [0.25, 0.3) is 0 Å². The number of thiocarbonyl (C=S) groups is 1. The Kier molecular flexibility index (Phi) is 6.64. The van der Waals surface area contributed by atoms with E-state index in [-0.39, 0.29) is 5.91 Å². The average molecular weight is 430 g/mol. The molecule has 5 nitrogen and oxygen atoms in total. The lowest BCUT2D eigenvalue weighted by Gasteiger charge is -2.12. The summed E-state index contributed by atoms with van der Waals surface area (Å²) in [6.07, 6.45) is 0. The van der Waals surface area contributed by atoms with Gasteiger partial charge in [0.2, 0.25) is 0 Å². The van der Waals surface area contributed by atoms with Crippen LogP contribution in [-0.4, -0.2) is 18.1 Å². The van der Waals surface area contributed by atoms with Crippen LogP contribution in [-0.2, 0) is 0 Å². The molecular weight excluding hydrogens is 413 g/mol. The van der Waals surface area contributed by atoms with Crippen molar-refractivity contribution in [1.82, 2.24) is 0 Å². The molecule has 0 aliphatic rings. The molecule has 0 saturated carbocycles. The fourth-order valence-electron chi connectivity index (χ4n) is 2.48. The van der Waals surface area contributed by atoms with E-state index in [1.807, 2.05) is 0 Å². The number of ether oxygens (including phenoxy) is 1. The van der Waals surface area contributed by atoms with Crippen LogP contribution in [0.1, 0.15) is 10.4 Å². The number of hydrogen-bond donors (Lipinski definition) is 3. The van der Waals surface area contributed by atoms with Crippen LogP contribution >= 0.6 is 23.8 Å². The third kappa shape index (κ3) is 5.66. The van der Waals surface area contributed by atoms with Gasteiger partial charge in [0, 0.05) is 22.6 Å². The standard InChI is InChI=1S/C21H17ClFN3O2S/c1-28-19-11-10-17(12-18(19)22)26-21(29)25-16-8-6-15(7-9-16)24-20(27)13-2-4-14(23)5-3-13/h2-12H,1H3,(H,24,27)(H2,25,26,29). The van der Waals surface area contributed by atoms with E-state index in [4.69, 9.17) is 28.6 Å². The number of hydrogen-bond acceptors (Lipinski definition) is 3. The molecule has 0 fully saturated rings. The number of benzene rings is 3. The Labute approximate surface area is 177 Å². The molecule has 3 rings (SSSR count). The molecule has 0 bridgehead atoms. The van der Waals surface area contributed by atoms with Gasteiger partial charge in [-0.25, -0.2) is 4.39 Å². The third-order valence-corrected chi connectivity index (χ3v) is 4.42. The van der Waals surface area contributed by atoms with E-state index in [2.05, 4.69) is 16.0 Å². The molecule has 1 amide bonds. The number of carbonyl (C=O) groups excluding carboxylic acids is 1. The van der Waals surface area contributed by atoms with Gasteiger partial charge in [0.15, 0.2) is 5.11 Å². The molecule has 0 atom stereocenters. The van der Waals surface area contributed by atoms with Crippen LogP contribution in [0.5, 0.6) is 5.75 Å². The third-order valence-electron chi connectivity index (χ3n) is 3.92. The number of halogens is 2. The lowest BCUT2D eigenvalue weighted by molar-refractivity contribution is 0.102. The van der Waals surface area contributed by atoms with Gasteiger partial charge in [-0.15, -0.1) is 0 Å². The van der Waals surface area contributed by atoms with Crippen molar-refractivity contribution in [1.29, 1.82) is 0 Å². The molecule has 148 valence electrons. The van der Waals surface area contributed by atoms with E-state index in [0.29, 0.717) is 27.1 Å². The van der Waals surface area contributed by atoms with Gasteiger partial charge in [0.1, 0.15) is 11.6 Å². The molecular formula is C21H17ClFN3O2S. The van der Waals surface area contributed by atoms with Crippen molar-refractivity contribution in [3.8, 4) is 5.75 Å². The number of carbonyl (C=O) groups is 1. The van der Waals surface area contributed by atoms with E-state index in [1.54, 1.807) is 49.6 Å². The highest BCUT2D eigenvalue weighted by atomic mass is 35.5. The van der Waals surface area contributed by atoms with Gasteiger partial charge in [-0.3, -0.25) is 4.79 Å². The minimum Gasteiger partial charge on any atom is -0.495 e. The molecule has 29 heavy (non-hydrogen) atoms. The number of nitrogens with one attached hydrogen (secondary N) is 3. The maximum atomic E-state index is 13.0. The summed E-state index contributed by atoms with van der Waals surface area (Å²) in [5.41, 5.74) is 2.43. The van der Waals surface area contributed by atoms with Crippen LogP contribution in [0.4, 0.5) is 21.5 Å². The summed E-state index contributed by atoms with van der Waals surface area (Å²) in [5.74, 6) is -0.132. The minimum atomic E-state index is -0.390. The first-order valence-corrected chi connectivity index (χ1v) is 9.32. The molecule has 3 N–H and O–H groups in total. The highest BCUT2D eigenvalue weighted by Crippen LogP contribution is 2.27. The van der Waals surface area contributed by atoms with E-state index in [0.717, 1.165) is 11.4 Å². The van der Waals surface area contributed by atoms with E-state index >= 15 is 0 Å². The summed E-state index contributed by atoms with van der Waals surface area (Å²) in [6.45, 7) is 0. The summed E-state index contributed by atoms with van der Waals surface area (Å²) in [5, 5.41) is 9.69. The molecule has 0 unspecified atom stereocenters. The van der Waals surface area contributed by atoms with Crippen molar-refractivity contribution in [2.24, 2.45) is 0 Å². The first-order chi connectivity index (χ1) is 13.9. The van der Waals surface area contributed by atoms with Gasteiger partial charge in [-0.2, -0.15) is 0 Å². The zero-order valence-corrected chi connectivity index (χ0v) is 16.9. The largest absolute Gasteiger partial charge is 0.495 e. The Morgan fingerprint density at radius 2 is 1.45 bits per heavy atom. The van der Waals surface area contributed by atoms with E-state index in [1.165, 1.54) is 24.3 Å². The normalized spacial score (nSPS) is 10.2. The quantitative estimate of drug-likeness (QED) is 0.464. The van der Waals surface area contributed by atoms with Crippen LogP contribution in [0.3, 0.4) is 0 Å². The second kappa shape index (κ2) is 9.36. The Morgan fingerprint density at radius 3 is 2.03 bits per heavy atom. The van der Waals surface area contributed by atoms with Crippen LogP contribution in [0, 0.1) is 5.82 Å². The van der Waals surface area contributed by atoms with E-state index < -0.39 is 5.82 Å². The fraction of sp³-hybridized carbons (Fsp3) is 0.0476. The van der Waals surface area contributed by atoms with Gasteiger partial charge >= 0.3 is 0 Å². The smallest absolute Gasteiger partial charge is 0.255 e. The number of amides is 1. The predicted molar refractivity (Wildman–Crippen MR) is 119 cm³/mol. The molecule has 0 spiro atoms. The molecule has 0 saturated heterocycles. The molecule has 0 heterocycles. The lowest BCUT2D eigenvalue weighted by atomic mass is 10.2. The number of rotatable bonds is 5. The molecule has 3 aromatic rings. The SMILES string of the molecule is COc1ccc(NC(=S)Nc2ccc(NC(=O)c3ccc(F)cc3)cc2)cc1Cl. The average Bonchev–Trinajstić information content (AvgIpc) is 2.70. The topological polar surface area (TPSA) is 62.4 Å². The highest BCUT2D eigenvalue weighted by molar-refractivity contribution is 7.80. The van der Waals surface area contributed by atoms with Gasteiger partial charge in [0.25, 0.3) is 5.91 Å². The molecule has 3 aromatic carbocycles. The molecule has 0 aromatic heterocycles. The Hall–Kier alpha value is -3.16. The molecule has 8 heteroatoms. The monoisotopic (exact) mass is 429 g/mol. The first-order valence-electron chi connectivity index (χ1n) is 8.53. The summed E-state index contributed by atoms with van der Waals surface area (Å²) >= 11 is 11.4. The van der Waals surface area contributed by atoms with Crippen LogP contribution < -0.4 is 20.7 Å². The molecule has 0 radical (unpaired) electrons. The Balaban J connectivity index is 1.57. The van der Waals surface area contributed by atoms with Crippen LogP contribution in [0.2, 0.25) is 5.02 Å². The van der Waals surface area contributed by atoms with E-state index in [9.17, 15) is 9.18 Å². The second-order valence-electron chi connectivity index (χ2n) is 5.97. The van der Waals surface area contributed by atoms with Gasteiger partial charge < -0.3 is 20.7 Å². The number of anilines is 3. The predicted octanol–water partition coefficient (Wildman–Crippen LogP) is 5.55. The lowest BCUT2D eigenvalue weighted by Crippen LogP contribution is -2.19. The zero-order valence-electron chi connectivity index (χ0n) is 15.3. The zero-order chi connectivity index (χ0) is 20.8. The maximum absolute atomic E-state index is 13.0. The fourth-order valence-corrected chi connectivity index (χ4v) is 2.97. The van der Waals surface area contributed by atoms with Crippen molar-refractivity contribution in [3.05, 3.63) is 83.1 Å². The van der Waals surface area contributed by atoms with Crippen molar-refractivity contribution < 1.29 is 13.9 Å². The summed E-state index contributed by atoms with van der Waals surface area (Å²) in [6, 6.07) is 17.6. The Bertz CT molecular complexity index is 1030. The summed E-state index contributed by atoms with van der Waals surface area (Å²) in [4.78, 5) is 12.2. The highest BCUT2D eigenvalue weighted by Gasteiger charge is 2.07. The van der Waals surface area contributed by atoms with Gasteiger partial charge in [0.05, 0.1) is 12.1 Å². The summed E-state index contributed by atoms with van der Waals surface area (Å²) in [7, 11) is 1.55. The minimum absolute atomic E-state index is 0.320. The van der Waals surface area contributed by atoms with Gasteiger partial charge in [-0.05, 0) is 78.9 Å². The summed E-state index contributed by atoms with van der Waals surface area (Å²) < 4.78 is 18.1. The molecule has 0 aliphatic heterocycles. The van der Waals surface area contributed by atoms with Crippen molar-refractivity contribution in [2.75, 3.05) is 23.1 Å². The number of methoxy groups -OCH3 is 1. The second-order valence-corrected chi connectivity index (χ2v) is 6.78. The van der Waals surface area contributed by atoms with Crippen LogP contribution in [0.15, 0.2) is 66.7 Å². The maximum Gasteiger partial charge on any atom is 0.255 e. The van der Waals surface area contributed by atoms with Gasteiger partial charge in [-0.1, -0.05) is 11.6 Å². The van der Waals surface area contributed by atoms with Crippen molar-refractivity contribution >= 4 is 51.9 Å². The first kappa shape index (κ1) is 20.6. The van der Waals surface area contributed by atoms with Crippen molar-refractivity contribution in [2.45, 2.75) is 0 Å². The Morgan fingerprint density at radius 1 is 0.897 bits per heavy atom. The molecule has 0 aliphatic carbocycles. The van der Waals surface area contributed by atoms with Crippen molar-refractivity contribution in [3.63, 3.8) is 0 Å².